The summed E-state index contributed by atoms with van der Waals surface area (Å²) >= 11 is 0. The second-order valence-electron chi connectivity index (χ2n) is 8.20. The normalized spacial score (nSPS) is 15.3. The lowest BCUT2D eigenvalue weighted by Crippen LogP contribution is -2.31. The maximum atomic E-state index is 13.0. The molecule has 1 amide bonds. The molecule has 0 spiro atoms. The van der Waals surface area contributed by atoms with Crippen LogP contribution in [0.1, 0.15) is 48.9 Å². The summed E-state index contributed by atoms with van der Waals surface area (Å²) < 4.78 is 27.5. The van der Waals surface area contributed by atoms with Crippen LogP contribution in [0.25, 0.3) is 10.8 Å². The lowest BCUT2D eigenvalue weighted by Gasteiger charge is -2.21. The molecule has 31 heavy (non-hydrogen) atoms. The molecule has 0 aromatic heterocycles. The first-order valence-corrected chi connectivity index (χ1v) is 12.2. The lowest BCUT2D eigenvalue weighted by atomic mass is 9.97. The third kappa shape index (κ3) is 3.92. The molecule has 4 rings (SSSR count). The molecule has 1 aliphatic rings. The molecule has 0 fully saturated rings. The van der Waals surface area contributed by atoms with Crippen LogP contribution < -0.4 is 9.62 Å². The molecule has 6 heteroatoms. The van der Waals surface area contributed by atoms with Gasteiger partial charge in [0.2, 0.25) is 5.91 Å². The third-order valence-corrected chi connectivity index (χ3v) is 7.85. The van der Waals surface area contributed by atoms with Crippen LogP contribution in [-0.2, 0) is 14.8 Å². The number of hydrogen-bond acceptors (Lipinski definition) is 3. The van der Waals surface area contributed by atoms with Crippen molar-refractivity contribution < 1.29 is 13.2 Å². The number of amides is 1. The van der Waals surface area contributed by atoms with Crippen molar-refractivity contribution in [3.05, 3.63) is 71.3 Å². The van der Waals surface area contributed by atoms with Crippen LogP contribution in [0, 0.1) is 13.8 Å². The Labute approximate surface area is 184 Å². The van der Waals surface area contributed by atoms with E-state index in [1.807, 2.05) is 24.3 Å². The van der Waals surface area contributed by atoms with Gasteiger partial charge in [-0.25, -0.2) is 8.42 Å². The smallest absolute Gasteiger partial charge is 0.265 e. The molecule has 3 aromatic carbocycles. The number of aryl methyl sites for hydroxylation is 2. The molecular weight excluding hydrogens is 408 g/mol. The zero-order valence-corrected chi connectivity index (χ0v) is 19.0. The Bertz CT molecular complexity index is 1250. The molecule has 5 nitrogen and oxygen atoms in total. The highest BCUT2D eigenvalue weighted by molar-refractivity contribution is 7.93. The summed E-state index contributed by atoms with van der Waals surface area (Å²) in [4.78, 5) is 13.0. The van der Waals surface area contributed by atoms with Crippen LogP contribution in [-0.4, -0.2) is 20.9 Å². The SMILES string of the molecule is CC[C@@H](NC(=O)CCCN1c2cccc3cccc(c23)S1(=O)=O)c1ccc(C)cc1C. The quantitative estimate of drug-likeness (QED) is 0.566. The molecule has 1 heterocycles. The van der Waals surface area contributed by atoms with Gasteiger partial charge in [0.1, 0.15) is 0 Å². The van der Waals surface area contributed by atoms with Crippen LogP contribution in [0.4, 0.5) is 5.69 Å². The average Bonchev–Trinajstić information content (AvgIpc) is 2.96. The highest BCUT2D eigenvalue weighted by atomic mass is 32.2. The first-order valence-electron chi connectivity index (χ1n) is 10.7. The minimum Gasteiger partial charge on any atom is -0.349 e. The van der Waals surface area contributed by atoms with Gasteiger partial charge in [-0.3, -0.25) is 9.10 Å². The van der Waals surface area contributed by atoms with Crippen molar-refractivity contribution in [3.63, 3.8) is 0 Å². The first-order chi connectivity index (χ1) is 14.8. The Morgan fingerprint density at radius 2 is 1.81 bits per heavy atom. The van der Waals surface area contributed by atoms with E-state index in [9.17, 15) is 13.2 Å². The number of anilines is 1. The highest BCUT2D eigenvalue weighted by Crippen LogP contribution is 2.41. The standard InChI is InChI=1S/C25H28N2O3S/c1-4-21(20-14-13-17(2)16-18(20)3)26-24(28)12-7-15-27-22-10-5-8-19-9-6-11-23(25(19)22)31(27,29)30/h5-6,8-11,13-14,16,21H,4,7,12,15H2,1-3H3,(H,26,28)/t21-/m1/s1. The fourth-order valence-electron chi connectivity index (χ4n) is 4.47. The van der Waals surface area contributed by atoms with Crippen LogP contribution in [0.2, 0.25) is 0 Å². The Hall–Kier alpha value is -2.86. The zero-order valence-electron chi connectivity index (χ0n) is 18.2. The molecule has 1 aliphatic heterocycles. The average molecular weight is 437 g/mol. The number of hydrogen-bond donors (Lipinski definition) is 1. The number of carbonyl (C=O) groups excluding carboxylic acids is 1. The largest absolute Gasteiger partial charge is 0.349 e. The monoisotopic (exact) mass is 436 g/mol. The zero-order chi connectivity index (χ0) is 22.2. The van der Waals surface area contributed by atoms with Gasteiger partial charge in [0.05, 0.1) is 16.6 Å². The van der Waals surface area contributed by atoms with E-state index >= 15 is 0 Å². The van der Waals surface area contributed by atoms with Crippen molar-refractivity contribution in [2.45, 2.75) is 51.0 Å². The van der Waals surface area contributed by atoms with Gasteiger partial charge >= 0.3 is 0 Å². The molecule has 1 atom stereocenters. The van der Waals surface area contributed by atoms with E-state index in [4.69, 9.17) is 0 Å². The first kappa shape index (κ1) is 21.4. The van der Waals surface area contributed by atoms with E-state index in [0.29, 0.717) is 17.0 Å². The van der Waals surface area contributed by atoms with Gasteiger partial charge in [0.25, 0.3) is 10.0 Å². The van der Waals surface area contributed by atoms with Crippen LogP contribution in [0.15, 0.2) is 59.5 Å². The summed E-state index contributed by atoms with van der Waals surface area (Å²) in [5.74, 6) is -0.0563. The van der Waals surface area contributed by atoms with Crippen LogP contribution in [0.3, 0.4) is 0 Å². The summed E-state index contributed by atoms with van der Waals surface area (Å²) in [7, 11) is -3.58. The van der Waals surface area contributed by atoms with E-state index < -0.39 is 10.0 Å². The van der Waals surface area contributed by atoms with Crippen molar-refractivity contribution in [2.75, 3.05) is 10.8 Å². The Morgan fingerprint density at radius 3 is 2.52 bits per heavy atom. The second kappa shape index (κ2) is 8.35. The second-order valence-corrected chi connectivity index (χ2v) is 10.0. The van der Waals surface area contributed by atoms with Gasteiger partial charge in [-0.15, -0.1) is 0 Å². The molecule has 3 aromatic rings. The van der Waals surface area contributed by atoms with Crippen molar-refractivity contribution in [1.82, 2.24) is 5.32 Å². The number of benzene rings is 3. The number of nitrogens with zero attached hydrogens (tertiary/aromatic N) is 1. The molecule has 162 valence electrons. The van der Waals surface area contributed by atoms with Crippen molar-refractivity contribution in [1.29, 1.82) is 0 Å². The fraction of sp³-hybridized carbons (Fsp3) is 0.320. The maximum absolute atomic E-state index is 13.0. The third-order valence-electron chi connectivity index (χ3n) is 5.99. The van der Waals surface area contributed by atoms with Crippen LogP contribution >= 0.6 is 0 Å². The van der Waals surface area contributed by atoms with E-state index in [1.165, 1.54) is 15.4 Å². The fourth-order valence-corrected chi connectivity index (χ4v) is 6.21. The molecule has 1 N–H and O–H groups in total. The highest BCUT2D eigenvalue weighted by Gasteiger charge is 2.35. The van der Waals surface area contributed by atoms with E-state index in [1.54, 1.807) is 12.1 Å². The predicted octanol–water partition coefficient (Wildman–Crippen LogP) is 5.01. The van der Waals surface area contributed by atoms with Gasteiger partial charge in [-0.05, 0) is 55.3 Å². The molecule has 0 saturated heterocycles. The number of nitrogens with one attached hydrogen (secondary N) is 1. The van der Waals surface area contributed by atoms with Crippen molar-refractivity contribution >= 4 is 32.4 Å². The van der Waals surface area contributed by atoms with E-state index in [0.717, 1.165) is 22.8 Å². The topological polar surface area (TPSA) is 66.5 Å². The minimum atomic E-state index is -3.58. The van der Waals surface area contributed by atoms with Crippen molar-refractivity contribution in [3.8, 4) is 0 Å². The molecule has 0 unspecified atom stereocenters. The molecule has 0 radical (unpaired) electrons. The summed E-state index contributed by atoms with van der Waals surface area (Å²) in [6.07, 6.45) is 1.53. The number of carbonyl (C=O) groups is 1. The maximum Gasteiger partial charge on any atom is 0.265 e. The van der Waals surface area contributed by atoms with Crippen LogP contribution in [0.5, 0.6) is 0 Å². The molecular formula is C25H28N2O3S. The summed E-state index contributed by atoms with van der Waals surface area (Å²) in [5.41, 5.74) is 4.20. The van der Waals surface area contributed by atoms with Gasteiger partial charge < -0.3 is 5.32 Å². The predicted molar refractivity (Wildman–Crippen MR) is 125 cm³/mol. The number of rotatable bonds is 7. The van der Waals surface area contributed by atoms with Crippen molar-refractivity contribution in [2.24, 2.45) is 0 Å². The Morgan fingerprint density at radius 1 is 1.06 bits per heavy atom. The Balaban J connectivity index is 1.43. The Kier molecular flexibility index (Phi) is 5.75. The van der Waals surface area contributed by atoms with Gasteiger partial charge in [-0.1, -0.05) is 55.0 Å². The summed E-state index contributed by atoms with van der Waals surface area (Å²) in [6.45, 7) is 6.46. The minimum absolute atomic E-state index is 0.0402. The number of sulfonamides is 1. The summed E-state index contributed by atoms with van der Waals surface area (Å²) in [6, 6.07) is 17.2. The molecule has 0 saturated carbocycles. The van der Waals surface area contributed by atoms with Gasteiger partial charge in [0, 0.05) is 18.4 Å². The molecule has 0 aliphatic carbocycles. The summed E-state index contributed by atoms with van der Waals surface area (Å²) in [5, 5.41) is 4.81. The van der Waals surface area contributed by atoms with Gasteiger partial charge in [-0.2, -0.15) is 0 Å². The van der Waals surface area contributed by atoms with E-state index in [2.05, 4.69) is 44.3 Å². The lowest BCUT2D eigenvalue weighted by molar-refractivity contribution is -0.121. The van der Waals surface area contributed by atoms with Gasteiger partial charge in [0.15, 0.2) is 0 Å². The van der Waals surface area contributed by atoms with E-state index in [-0.39, 0.29) is 24.9 Å². The molecule has 0 bridgehead atoms.